The van der Waals surface area contributed by atoms with Crippen LogP contribution in [0.2, 0.25) is 0 Å². The predicted octanol–water partition coefficient (Wildman–Crippen LogP) is 2.16. The Morgan fingerprint density at radius 1 is 1.05 bits per heavy atom. The maximum atomic E-state index is 13.5. The molecule has 0 spiro atoms. The van der Waals surface area contributed by atoms with Crippen molar-refractivity contribution < 1.29 is 17.9 Å². The zero-order chi connectivity index (χ0) is 14.1. The van der Waals surface area contributed by atoms with Gasteiger partial charge in [-0.1, -0.05) is 0 Å². The highest BCUT2D eigenvalue weighted by Crippen LogP contribution is 2.26. The van der Waals surface area contributed by atoms with Crippen LogP contribution in [0.4, 0.5) is 13.2 Å². The Morgan fingerprint density at radius 3 is 2.55 bits per heavy atom. The molecule has 0 radical (unpaired) electrons. The van der Waals surface area contributed by atoms with Crippen LogP contribution in [-0.2, 0) is 0 Å². The van der Waals surface area contributed by atoms with Gasteiger partial charge in [0.15, 0.2) is 5.82 Å². The zero-order valence-electron chi connectivity index (χ0n) is 9.72. The topological polar surface area (TPSA) is 76.6 Å². The minimum atomic E-state index is -2.97. The first-order valence-electron chi connectivity index (χ1n) is 5.41. The Morgan fingerprint density at radius 2 is 1.85 bits per heavy atom. The van der Waals surface area contributed by atoms with Gasteiger partial charge in [-0.2, -0.15) is 24.2 Å². The van der Waals surface area contributed by atoms with Gasteiger partial charge in [-0.05, 0) is 12.1 Å². The SMILES string of the molecule is Fc1ccc(-c2cnc(OC(F)F)cn2)c2n[nH]nc12. The van der Waals surface area contributed by atoms with Gasteiger partial charge in [0.25, 0.3) is 0 Å². The minimum Gasteiger partial charge on any atom is -0.415 e. The van der Waals surface area contributed by atoms with E-state index in [-0.39, 0.29) is 16.9 Å². The lowest BCUT2D eigenvalue weighted by Gasteiger charge is -2.04. The van der Waals surface area contributed by atoms with Crippen LogP contribution in [0.1, 0.15) is 0 Å². The number of fused-ring (bicyclic) bond motifs is 1. The highest BCUT2D eigenvalue weighted by molar-refractivity contribution is 5.90. The molecule has 0 aliphatic carbocycles. The molecule has 2 heterocycles. The van der Waals surface area contributed by atoms with Gasteiger partial charge in [0.2, 0.25) is 5.88 Å². The fourth-order valence-corrected chi connectivity index (χ4v) is 1.71. The Kier molecular flexibility index (Phi) is 2.93. The fraction of sp³-hybridized carbons (Fsp3) is 0.0909. The summed E-state index contributed by atoms with van der Waals surface area (Å²) in [4.78, 5) is 7.63. The second kappa shape index (κ2) is 4.76. The second-order valence-electron chi connectivity index (χ2n) is 3.73. The standard InChI is InChI=1S/C11H6F3N5O/c12-6-2-1-5(9-10(6)18-19-17-9)7-3-16-8(4-15-7)20-11(13)14/h1-4,11H,(H,17,18,19). The summed E-state index contributed by atoms with van der Waals surface area (Å²) in [7, 11) is 0. The predicted molar refractivity (Wildman–Crippen MR) is 61.5 cm³/mol. The van der Waals surface area contributed by atoms with Gasteiger partial charge in [-0.15, -0.1) is 0 Å². The van der Waals surface area contributed by atoms with Crippen LogP contribution in [0.3, 0.4) is 0 Å². The van der Waals surface area contributed by atoms with Crippen molar-refractivity contribution in [2.45, 2.75) is 6.61 Å². The highest BCUT2D eigenvalue weighted by Gasteiger charge is 2.13. The molecular weight excluding hydrogens is 275 g/mol. The molecule has 3 rings (SSSR count). The molecular formula is C11H6F3N5O. The minimum absolute atomic E-state index is 0.0669. The third-order valence-corrected chi connectivity index (χ3v) is 2.54. The van der Waals surface area contributed by atoms with Gasteiger partial charge in [-0.25, -0.2) is 14.4 Å². The Labute approximate surface area is 109 Å². The molecule has 0 unspecified atom stereocenters. The third-order valence-electron chi connectivity index (χ3n) is 2.54. The van der Waals surface area contributed by atoms with E-state index in [0.29, 0.717) is 11.3 Å². The number of hydrogen-bond acceptors (Lipinski definition) is 5. The summed E-state index contributed by atoms with van der Waals surface area (Å²) in [5.41, 5.74) is 1.16. The van der Waals surface area contributed by atoms with Crippen molar-refractivity contribution in [1.82, 2.24) is 25.4 Å². The first-order chi connectivity index (χ1) is 9.65. The number of nitrogens with zero attached hydrogens (tertiary/aromatic N) is 4. The number of halogens is 3. The highest BCUT2D eigenvalue weighted by atomic mass is 19.3. The number of aromatic nitrogens is 5. The van der Waals surface area contributed by atoms with E-state index < -0.39 is 12.4 Å². The summed E-state index contributed by atoms with van der Waals surface area (Å²) in [5, 5.41) is 9.82. The Balaban J connectivity index is 2.03. The molecule has 6 nitrogen and oxygen atoms in total. The first kappa shape index (κ1) is 12.3. The quantitative estimate of drug-likeness (QED) is 0.796. The Hall–Kier alpha value is -2.71. The summed E-state index contributed by atoms with van der Waals surface area (Å²) in [6.07, 6.45) is 2.29. The molecule has 0 aliphatic rings. The molecule has 0 saturated carbocycles. The van der Waals surface area contributed by atoms with Gasteiger partial charge in [0, 0.05) is 5.56 Å². The number of hydrogen-bond donors (Lipinski definition) is 1. The van der Waals surface area contributed by atoms with Crippen LogP contribution >= 0.6 is 0 Å². The average molecular weight is 281 g/mol. The molecule has 2 aromatic heterocycles. The number of ether oxygens (including phenoxy) is 1. The number of nitrogens with one attached hydrogen (secondary N) is 1. The maximum Gasteiger partial charge on any atom is 0.388 e. The van der Waals surface area contributed by atoms with E-state index in [1.807, 2.05) is 0 Å². The number of benzene rings is 1. The smallest absolute Gasteiger partial charge is 0.388 e. The van der Waals surface area contributed by atoms with Crippen molar-refractivity contribution in [2.75, 3.05) is 0 Å². The molecule has 0 aliphatic heterocycles. The van der Waals surface area contributed by atoms with E-state index in [4.69, 9.17) is 0 Å². The van der Waals surface area contributed by atoms with Crippen molar-refractivity contribution in [3.8, 4) is 17.1 Å². The van der Waals surface area contributed by atoms with Crippen molar-refractivity contribution in [2.24, 2.45) is 0 Å². The normalized spacial score (nSPS) is 11.2. The Bertz CT molecular complexity index is 743. The molecule has 0 bridgehead atoms. The third kappa shape index (κ3) is 2.13. The van der Waals surface area contributed by atoms with E-state index in [2.05, 4.69) is 30.1 Å². The molecule has 1 N–H and O–H groups in total. The van der Waals surface area contributed by atoms with Crippen molar-refractivity contribution in [3.63, 3.8) is 0 Å². The molecule has 1 aromatic carbocycles. The monoisotopic (exact) mass is 281 g/mol. The number of aromatic amines is 1. The van der Waals surface area contributed by atoms with Gasteiger partial charge in [-0.3, -0.25) is 0 Å². The molecule has 9 heteroatoms. The van der Waals surface area contributed by atoms with E-state index in [9.17, 15) is 13.2 Å². The largest absolute Gasteiger partial charge is 0.415 e. The molecule has 20 heavy (non-hydrogen) atoms. The van der Waals surface area contributed by atoms with Crippen LogP contribution in [0.15, 0.2) is 24.5 Å². The van der Waals surface area contributed by atoms with Crippen molar-refractivity contribution in [3.05, 3.63) is 30.3 Å². The number of alkyl halides is 2. The summed E-state index contributed by atoms with van der Waals surface area (Å²) in [5.74, 6) is -0.828. The number of rotatable bonds is 3. The van der Waals surface area contributed by atoms with Crippen LogP contribution in [-0.4, -0.2) is 32.0 Å². The maximum absolute atomic E-state index is 13.5. The summed E-state index contributed by atoms with van der Waals surface area (Å²) < 4.78 is 41.6. The van der Waals surface area contributed by atoms with Gasteiger partial charge in [0.05, 0.1) is 18.1 Å². The van der Waals surface area contributed by atoms with E-state index in [1.54, 1.807) is 0 Å². The van der Waals surface area contributed by atoms with E-state index in [1.165, 1.54) is 18.3 Å². The van der Waals surface area contributed by atoms with Gasteiger partial charge >= 0.3 is 6.61 Å². The first-order valence-corrected chi connectivity index (χ1v) is 5.41. The van der Waals surface area contributed by atoms with Crippen LogP contribution in [0.5, 0.6) is 5.88 Å². The average Bonchev–Trinajstić information content (AvgIpc) is 2.90. The zero-order valence-corrected chi connectivity index (χ0v) is 9.72. The van der Waals surface area contributed by atoms with Crippen molar-refractivity contribution >= 4 is 11.0 Å². The van der Waals surface area contributed by atoms with Crippen LogP contribution < -0.4 is 4.74 Å². The summed E-state index contributed by atoms with van der Waals surface area (Å²) >= 11 is 0. The summed E-state index contributed by atoms with van der Waals surface area (Å²) in [6.45, 7) is -2.97. The lowest BCUT2D eigenvalue weighted by Crippen LogP contribution is -2.04. The molecule has 0 fully saturated rings. The molecule has 3 aromatic rings. The lowest BCUT2D eigenvalue weighted by atomic mass is 10.1. The fourth-order valence-electron chi connectivity index (χ4n) is 1.71. The van der Waals surface area contributed by atoms with E-state index >= 15 is 0 Å². The molecule has 0 atom stereocenters. The molecule has 0 amide bonds. The van der Waals surface area contributed by atoms with Crippen molar-refractivity contribution in [1.29, 1.82) is 0 Å². The number of H-pyrrole nitrogens is 1. The van der Waals surface area contributed by atoms with Crippen LogP contribution in [0, 0.1) is 5.82 Å². The lowest BCUT2D eigenvalue weighted by molar-refractivity contribution is -0.0530. The van der Waals surface area contributed by atoms with E-state index in [0.717, 1.165) is 6.20 Å². The molecule has 0 saturated heterocycles. The van der Waals surface area contributed by atoms with Gasteiger partial charge < -0.3 is 4.74 Å². The van der Waals surface area contributed by atoms with Gasteiger partial charge in [0.1, 0.15) is 11.0 Å². The second-order valence-corrected chi connectivity index (χ2v) is 3.73. The van der Waals surface area contributed by atoms with Crippen LogP contribution in [0.25, 0.3) is 22.3 Å². The molecule has 102 valence electrons. The summed E-state index contributed by atoms with van der Waals surface area (Å²) in [6, 6.07) is 2.67.